The summed E-state index contributed by atoms with van der Waals surface area (Å²) in [5, 5.41) is 0. The molecule has 1 aromatic carbocycles. The van der Waals surface area contributed by atoms with Gasteiger partial charge in [0, 0.05) is 12.6 Å². The lowest BCUT2D eigenvalue weighted by atomic mass is 9.92. The summed E-state index contributed by atoms with van der Waals surface area (Å²) < 4.78 is 9.39. The lowest BCUT2D eigenvalue weighted by Gasteiger charge is -2.34. The van der Waals surface area contributed by atoms with Crippen molar-refractivity contribution in [1.82, 2.24) is 4.90 Å². The second-order valence-corrected chi connectivity index (χ2v) is 5.32. The number of rotatable bonds is 5. The summed E-state index contributed by atoms with van der Waals surface area (Å²) >= 11 is 0. The van der Waals surface area contributed by atoms with Crippen molar-refractivity contribution in [3.63, 3.8) is 0 Å². The summed E-state index contributed by atoms with van der Waals surface area (Å²) in [4.78, 5) is 37.1. The van der Waals surface area contributed by atoms with Crippen molar-refractivity contribution in [3.05, 3.63) is 53.4 Å². The molecule has 1 aliphatic rings. The van der Waals surface area contributed by atoms with Gasteiger partial charge in [0.25, 0.3) is 0 Å². The van der Waals surface area contributed by atoms with Gasteiger partial charge in [0.2, 0.25) is 0 Å². The minimum absolute atomic E-state index is 0.0151. The molecule has 1 aromatic rings. The second-order valence-electron chi connectivity index (χ2n) is 5.32. The Morgan fingerprint density at radius 3 is 2.50 bits per heavy atom. The first-order valence-corrected chi connectivity index (χ1v) is 7.40. The van der Waals surface area contributed by atoms with E-state index in [-0.39, 0.29) is 17.9 Å². The van der Waals surface area contributed by atoms with E-state index in [1.807, 2.05) is 30.3 Å². The summed E-state index contributed by atoms with van der Waals surface area (Å²) in [6, 6.07) is 7.18. The van der Waals surface area contributed by atoms with Gasteiger partial charge in [0.1, 0.15) is 11.5 Å². The average Bonchev–Trinajstić information content (AvgIpc) is 2.59. The molecule has 0 fully saturated rings. The zero-order valence-corrected chi connectivity index (χ0v) is 13.8. The van der Waals surface area contributed by atoms with E-state index < -0.39 is 18.0 Å². The minimum atomic E-state index is -0.682. The van der Waals surface area contributed by atoms with Crippen LogP contribution in [0.3, 0.4) is 0 Å². The van der Waals surface area contributed by atoms with Crippen LogP contribution in [0, 0.1) is 0 Å². The van der Waals surface area contributed by atoms with E-state index in [1.165, 1.54) is 21.1 Å². The molecule has 0 aromatic heterocycles. The smallest absolute Gasteiger partial charge is 0.354 e. The molecular formula is C18H19NO5. The van der Waals surface area contributed by atoms with Crippen LogP contribution in [-0.2, 0) is 23.9 Å². The summed E-state index contributed by atoms with van der Waals surface area (Å²) in [6.07, 6.45) is 4.75. The van der Waals surface area contributed by atoms with Gasteiger partial charge >= 0.3 is 11.9 Å². The molecule has 0 N–H and O–H groups in total. The van der Waals surface area contributed by atoms with Gasteiger partial charge in [-0.15, -0.1) is 0 Å². The largest absolute Gasteiger partial charge is 0.466 e. The third-order valence-electron chi connectivity index (χ3n) is 3.71. The first kappa shape index (κ1) is 17.5. The Labute approximate surface area is 140 Å². The molecule has 0 saturated carbocycles. The normalized spacial score (nSPS) is 16.4. The predicted octanol–water partition coefficient (Wildman–Crippen LogP) is 2.22. The summed E-state index contributed by atoms with van der Waals surface area (Å²) in [6.45, 7) is 1.49. The summed E-state index contributed by atoms with van der Waals surface area (Å²) in [7, 11) is 2.46. The molecule has 0 radical (unpaired) electrons. The highest BCUT2D eigenvalue weighted by atomic mass is 16.5. The van der Waals surface area contributed by atoms with Crippen molar-refractivity contribution in [2.45, 2.75) is 19.4 Å². The van der Waals surface area contributed by atoms with E-state index in [2.05, 4.69) is 4.74 Å². The van der Waals surface area contributed by atoms with Crippen LogP contribution in [-0.4, -0.2) is 36.8 Å². The number of benzene rings is 1. The molecule has 24 heavy (non-hydrogen) atoms. The molecule has 0 bridgehead atoms. The number of methoxy groups -OCH3 is 2. The molecule has 0 amide bonds. The molecule has 0 aliphatic carbocycles. The number of esters is 2. The summed E-state index contributed by atoms with van der Waals surface area (Å²) in [5.41, 5.74) is 1.87. The van der Waals surface area contributed by atoms with Crippen molar-refractivity contribution in [2.24, 2.45) is 0 Å². The number of nitrogens with zero attached hydrogens (tertiary/aromatic N) is 1. The number of ketones is 1. The third kappa shape index (κ3) is 3.71. The van der Waals surface area contributed by atoms with E-state index in [0.717, 1.165) is 17.2 Å². The second kappa shape index (κ2) is 7.59. The Bertz CT molecular complexity index is 720. The first-order chi connectivity index (χ1) is 11.5. The van der Waals surface area contributed by atoms with Crippen LogP contribution in [0.4, 0.5) is 0 Å². The zero-order chi connectivity index (χ0) is 17.7. The molecule has 1 aliphatic heterocycles. The Kier molecular flexibility index (Phi) is 5.52. The Balaban J connectivity index is 2.52. The van der Waals surface area contributed by atoms with Gasteiger partial charge in [-0.05, 0) is 24.1 Å². The maximum Gasteiger partial charge on any atom is 0.354 e. The lowest BCUT2D eigenvalue weighted by Crippen LogP contribution is -2.32. The quantitative estimate of drug-likeness (QED) is 0.609. The van der Waals surface area contributed by atoms with Crippen molar-refractivity contribution in [3.8, 4) is 0 Å². The molecule has 6 heteroatoms. The molecule has 1 atom stereocenters. The van der Waals surface area contributed by atoms with E-state index in [9.17, 15) is 14.4 Å². The number of hydrogen-bond donors (Lipinski definition) is 0. The number of carbonyl (C=O) groups is 3. The first-order valence-electron chi connectivity index (χ1n) is 7.40. The van der Waals surface area contributed by atoms with Crippen LogP contribution < -0.4 is 0 Å². The molecular weight excluding hydrogens is 310 g/mol. The predicted molar refractivity (Wildman–Crippen MR) is 87.5 cm³/mol. The molecule has 1 unspecified atom stereocenters. The topological polar surface area (TPSA) is 72.9 Å². The van der Waals surface area contributed by atoms with Crippen LogP contribution in [0.2, 0.25) is 0 Å². The maximum absolute atomic E-state index is 12.1. The van der Waals surface area contributed by atoms with Crippen molar-refractivity contribution < 1.29 is 23.9 Å². The van der Waals surface area contributed by atoms with Gasteiger partial charge in [-0.1, -0.05) is 24.3 Å². The highest BCUT2D eigenvalue weighted by Crippen LogP contribution is 2.35. The molecule has 2 rings (SSSR count). The number of ether oxygens (including phenoxy) is 2. The number of fused-ring (bicyclic) bond motifs is 1. The van der Waals surface area contributed by atoms with Gasteiger partial charge in [-0.3, -0.25) is 4.79 Å². The lowest BCUT2D eigenvalue weighted by molar-refractivity contribution is -0.140. The van der Waals surface area contributed by atoms with Crippen LogP contribution in [0.25, 0.3) is 6.08 Å². The fourth-order valence-electron chi connectivity index (χ4n) is 2.62. The molecule has 126 valence electrons. The Morgan fingerprint density at radius 1 is 1.17 bits per heavy atom. The third-order valence-corrected chi connectivity index (χ3v) is 3.71. The van der Waals surface area contributed by atoms with Crippen LogP contribution in [0.5, 0.6) is 0 Å². The van der Waals surface area contributed by atoms with Gasteiger partial charge in [-0.2, -0.15) is 0 Å². The highest BCUT2D eigenvalue weighted by Gasteiger charge is 2.30. The number of Topliss-reactive ketones (excluding diaryl/α,β-unsaturated/α-hetero) is 1. The fraction of sp³-hybridized carbons (Fsp3) is 0.278. The van der Waals surface area contributed by atoms with E-state index in [4.69, 9.17) is 4.74 Å². The average molecular weight is 329 g/mol. The number of hydrogen-bond acceptors (Lipinski definition) is 6. The molecule has 0 saturated heterocycles. The van der Waals surface area contributed by atoms with Crippen molar-refractivity contribution >= 4 is 23.8 Å². The van der Waals surface area contributed by atoms with E-state index in [0.29, 0.717) is 0 Å². The van der Waals surface area contributed by atoms with E-state index in [1.54, 1.807) is 11.1 Å². The Hall–Kier alpha value is -2.89. The number of carbonyl (C=O) groups excluding carboxylic acids is 3. The SMILES string of the molecule is COC(=O)/C=C(/C(=O)OC)N1C=Cc2ccccc2C1CC(C)=O. The standard InChI is InChI=1S/C18H19NO5/c1-12(20)10-15-14-7-5-4-6-13(14)8-9-19(15)16(18(22)24-3)11-17(21)23-2/h4-9,11,15H,10H2,1-3H3/b16-11-. The van der Waals surface area contributed by atoms with Crippen molar-refractivity contribution in [2.75, 3.05) is 14.2 Å². The monoisotopic (exact) mass is 329 g/mol. The van der Waals surface area contributed by atoms with Gasteiger partial charge in [0.05, 0.1) is 26.3 Å². The maximum atomic E-state index is 12.1. The van der Waals surface area contributed by atoms with Gasteiger partial charge < -0.3 is 14.4 Å². The molecule has 1 heterocycles. The van der Waals surface area contributed by atoms with Crippen molar-refractivity contribution in [1.29, 1.82) is 0 Å². The van der Waals surface area contributed by atoms with Crippen LogP contribution in [0.1, 0.15) is 30.5 Å². The molecule has 6 nitrogen and oxygen atoms in total. The molecule has 0 spiro atoms. The Morgan fingerprint density at radius 2 is 1.88 bits per heavy atom. The van der Waals surface area contributed by atoms with Crippen LogP contribution >= 0.6 is 0 Å². The van der Waals surface area contributed by atoms with E-state index >= 15 is 0 Å². The van der Waals surface area contributed by atoms with Gasteiger partial charge in [0.15, 0.2) is 0 Å². The summed E-state index contributed by atoms with van der Waals surface area (Å²) in [5.74, 6) is -1.39. The van der Waals surface area contributed by atoms with Crippen LogP contribution in [0.15, 0.2) is 42.2 Å². The fourth-order valence-corrected chi connectivity index (χ4v) is 2.62. The zero-order valence-electron chi connectivity index (χ0n) is 13.8. The minimum Gasteiger partial charge on any atom is -0.466 e. The highest BCUT2D eigenvalue weighted by molar-refractivity contribution is 5.96. The van der Waals surface area contributed by atoms with Gasteiger partial charge in [-0.25, -0.2) is 9.59 Å².